The molecule has 2 aliphatic heterocycles. The van der Waals surface area contributed by atoms with Gasteiger partial charge < -0.3 is 10.6 Å². The summed E-state index contributed by atoms with van der Waals surface area (Å²) in [6.07, 6.45) is 5.12. The molecule has 19 heavy (non-hydrogen) atoms. The number of piperidine rings is 1. The van der Waals surface area contributed by atoms with Gasteiger partial charge in [0.1, 0.15) is 0 Å². The quantitative estimate of drug-likeness (QED) is 0.749. The van der Waals surface area contributed by atoms with Gasteiger partial charge in [-0.1, -0.05) is 6.92 Å². The molecule has 112 valence electrons. The highest BCUT2D eigenvalue weighted by molar-refractivity contribution is 7.89. The maximum atomic E-state index is 12.0. The Hall–Kier alpha value is -0.170. The first-order valence-electron chi connectivity index (χ1n) is 7.56. The molecule has 0 bridgehead atoms. The normalized spacial score (nSPS) is 26.9. The fourth-order valence-electron chi connectivity index (χ4n) is 2.97. The Kier molecular flexibility index (Phi) is 5.62. The zero-order valence-corrected chi connectivity index (χ0v) is 12.7. The Bertz CT molecular complexity index is 358. The van der Waals surface area contributed by atoms with Crippen molar-refractivity contribution in [2.45, 2.75) is 51.1 Å². The van der Waals surface area contributed by atoms with Crippen molar-refractivity contribution in [3.05, 3.63) is 0 Å². The topological polar surface area (TPSA) is 61.4 Å². The Labute approximate surface area is 117 Å². The molecule has 2 rings (SSSR count). The lowest BCUT2D eigenvalue weighted by atomic mass is 10.1. The Morgan fingerprint density at radius 1 is 1.26 bits per heavy atom. The minimum absolute atomic E-state index is 0.289. The molecule has 6 heteroatoms. The molecule has 2 aliphatic rings. The second-order valence-electron chi connectivity index (χ2n) is 5.69. The van der Waals surface area contributed by atoms with Gasteiger partial charge in [0.05, 0.1) is 5.75 Å². The summed E-state index contributed by atoms with van der Waals surface area (Å²) in [7, 11) is -2.99. The van der Waals surface area contributed by atoms with Crippen molar-refractivity contribution < 1.29 is 8.42 Å². The smallest absolute Gasteiger partial charge is 0.214 e. The van der Waals surface area contributed by atoms with Crippen LogP contribution in [0.4, 0.5) is 0 Å². The summed E-state index contributed by atoms with van der Waals surface area (Å²) >= 11 is 0. The summed E-state index contributed by atoms with van der Waals surface area (Å²) in [5.41, 5.74) is 0. The van der Waals surface area contributed by atoms with Gasteiger partial charge in [-0.3, -0.25) is 0 Å². The molecule has 0 aliphatic carbocycles. The maximum Gasteiger partial charge on any atom is 0.214 e. The first-order valence-corrected chi connectivity index (χ1v) is 9.17. The second kappa shape index (κ2) is 7.02. The summed E-state index contributed by atoms with van der Waals surface area (Å²) in [6.45, 7) is 5.43. The van der Waals surface area contributed by atoms with Crippen LogP contribution in [-0.2, 0) is 10.0 Å². The van der Waals surface area contributed by atoms with Gasteiger partial charge in [0.15, 0.2) is 0 Å². The average molecular weight is 289 g/mol. The van der Waals surface area contributed by atoms with Crippen molar-refractivity contribution in [3.8, 4) is 0 Å². The van der Waals surface area contributed by atoms with E-state index in [4.69, 9.17) is 0 Å². The summed E-state index contributed by atoms with van der Waals surface area (Å²) in [5.74, 6) is 0.289. The lowest BCUT2D eigenvalue weighted by Gasteiger charge is -2.32. The number of hydrogen-bond acceptors (Lipinski definition) is 4. The van der Waals surface area contributed by atoms with Crippen molar-refractivity contribution in [2.75, 3.05) is 31.9 Å². The predicted octanol–water partition coefficient (Wildman–Crippen LogP) is 0.532. The molecule has 0 aromatic carbocycles. The van der Waals surface area contributed by atoms with Crippen LogP contribution in [0, 0.1) is 0 Å². The number of rotatable bonds is 6. The van der Waals surface area contributed by atoms with Gasteiger partial charge in [0.25, 0.3) is 0 Å². The fraction of sp³-hybridized carbons (Fsp3) is 1.00. The molecule has 0 spiro atoms. The zero-order chi connectivity index (χ0) is 13.7. The van der Waals surface area contributed by atoms with Crippen molar-refractivity contribution in [1.82, 2.24) is 14.9 Å². The number of hydrogen-bond donors (Lipinski definition) is 2. The van der Waals surface area contributed by atoms with Crippen molar-refractivity contribution in [2.24, 2.45) is 0 Å². The highest BCUT2D eigenvalue weighted by Gasteiger charge is 2.27. The van der Waals surface area contributed by atoms with Crippen LogP contribution in [0.3, 0.4) is 0 Å². The van der Waals surface area contributed by atoms with E-state index in [1.54, 1.807) is 4.31 Å². The van der Waals surface area contributed by atoms with E-state index in [1.165, 1.54) is 12.8 Å². The van der Waals surface area contributed by atoms with Gasteiger partial charge >= 0.3 is 0 Å². The van der Waals surface area contributed by atoms with E-state index in [9.17, 15) is 8.42 Å². The van der Waals surface area contributed by atoms with Crippen LogP contribution in [0.2, 0.25) is 0 Å². The summed E-state index contributed by atoms with van der Waals surface area (Å²) < 4.78 is 25.6. The minimum Gasteiger partial charge on any atom is -0.313 e. The van der Waals surface area contributed by atoms with Gasteiger partial charge in [0, 0.05) is 31.7 Å². The third-order valence-corrected chi connectivity index (χ3v) is 6.20. The van der Waals surface area contributed by atoms with Gasteiger partial charge in [-0.05, 0) is 38.6 Å². The fourth-order valence-corrected chi connectivity index (χ4v) is 4.51. The van der Waals surface area contributed by atoms with Crippen LogP contribution < -0.4 is 10.6 Å². The molecule has 2 N–H and O–H groups in total. The molecule has 0 aromatic rings. The molecule has 0 amide bonds. The summed E-state index contributed by atoms with van der Waals surface area (Å²) in [4.78, 5) is 0. The van der Waals surface area contributed by atoms with Gasteiger partial charge in [-0.2, -0.15) is 0 Å². The molecule has 0 saturated carbocycles. The number of sulfonamides is 1. The molecule has 1 unspecified atom stereocenters. The first-order chi connectivity index (χ1) is 9.12. The Morgan fingerprint density at radius 3 is 2.58 bits per heavy atom. The number of nitrogens with one attached hydrogen (secondary N) is 2. The first kappa shape index (κ1) is 15.2. The maximum absolute atomic E-state index is 12.0. The van der Waals surface area contributed by atoms with E-state index < -0.39 is 10.0 Å². The van der Waals surface area contributed by atoms with Crippen LogP contribution in [0.1, 0.15) is 39.0 Å². The minimum atomic E-state index is -2.99. The van der Waals surface area contributed by atoms with Gasteiger partial charge in [-0.25, -0.2) is 12.7 Å². The SMILES string of the molecule is CCCS(=O)(=O)N1CCC(NCC2CCCN2)CC1. The highest BCUT2D eigenvalue weighted by atomic mass is 32.2. The van der Waals surface area contributed by atoms with Crippen LogP contribution in [-0.4, -0.2) is 56.7 Å². The van der Waals surface area contributed by atoms with Gasteiger partial charge in [0.2, 0.25) is 10.0 Å². The lowest BCUT2D eigenvalue weighted by molar-refractivity contribution is 0.285. The molecule has 2 heterocycles. The Balaban J connectivity index is 1.70. The van der Waals surface area contributed by atoms with Crippen LogP contribution in [0.25, 0.3) is 0 Å². The lowest BCUT2D eigenvalue weighted by Crippen LogP contribution is -2.47. The average Bonchev–Trinajstić information content (AvgIpc) is 2.90. The van der Waals surface area contributed by atoms with Gasteiger partial charge in [-0.15, -0.1) is 0 Å². The van der Waals surface area contributed by atoms with E-state index in [1.807, 2.05) is 6.92 Å². The van der Waals surface area contributed by atoms with Crippen molar-refractivity contribution in [1.29, 1.82) is 0 Å². The molecule has 1 atom stereocenters. The number of nitrogens with zero attached hydrogens (tertiary/aromatic N) is 1. The van der Waals surface area contributed by atoms with Crippen molar-refractivity contribution >= 4 is 10.0 Å². The standard InChI is InChI=1S/C13H27N3O2S/c1-2-10-19(17,18)16-8-5-12(6-9-16)15-11-13-4-3-7-14-13/h12-15H,2-11H2,1H3. The van der Waals surface area contributed by atoms with E-state index >= 15 is 0 Å². The second-order valence-corrected chi connectivity index (χ2v) is 7.78. The molecule has 0 aromatic heterocycles. The zero-order valence-electron chi connectivity index (χ0n) is 11.9. The van der Waals surface area contributed by atoms with E-state index in [0.29, 0.717) is 31.6 Å². The van der Waals surface area contributed by atoms with E-state index in [-0.39, 0.29) is 5.75 Å². The summed E-state index contributed by atoms with van der Waals surface area (Å²) in [6, 6.07) is 1.09. The van der Waals surface area contributed by atoms with E-state index in [2.05, 4.69) is 10.6 Å². The van der Waals surface area contributed by atoms with E-state index in [0.717, 1.165) is 25.9 Å². The third-order valence-electron chi connectivity index (χ3n) is 4.12. The van der Waals surface area contributed by atoms with Crippen molar-refractivity contribution in [3.63, 3.8) is 0 Å². The Morgan fingerprint density at radius 2 is 2.00 bits per heavy atom. The molecule has 2 fully saturated rings. The van der Waals surface area contributed by atoms with Crippen LogP contribution in [0.15, 0.2) is 0 Å². The largest absolute Gasteiger partial charge is 0.313 e. The third kappa shape index (κ3) is 4.41. The van der Waals surface area contributed by atoms with Crippen LogP contribution in [0.5, 0.6) is 0 Å². The molecular formula is C13H27N3O2S. The molecule has 0 radical (unpaired) electrons. The summed E-state index contributed by atoms with van der Waals surface area (Å²) in [5, 5.41) is 7.06. The predicted molar refractivity (Wildman–Crippen MR) is 77.7 cm³/mol. The molecule has 2 saturated heterocycles. The molecule has 5 nitrogen and oxygen atoms in total. The highest BCUT2D eigenvalue weighted by Crippen LogP contribution is 2.15. The van der Waals surface area contributed by atoms with Crippen LogP contribution >= 0.6 is 0 Å². The monoisotopic (exact) mass is 289 g/mol. The molecular weight excluding hydrogens is 262 g/mol.